The van der Waals surface area contributed by atoms with Crippen molar-refractivity contribution in [3.05, 3.63) is 0 Å². The number of hydrogen-bond acceptors (Lipinski definition) is 6. The zero-order valence-electron chi connectivity index (χ0n) is 17.2. The van der Waals surface area contributed by atoms with Gasteiger partial charge in [0, 0.05) is 38.5 Å². The van der Waals surface area contributed by atoms with Gasteiger partial charge in [-0.1, -0.05) is 0 Å². The number of sulfone groups is 1. The van der Waals surface area contributed by atoms with Gasteiger partial charge >= 0.3 is 0 Å². The molecule has 0 N–H and O–H groups in total. The summed E-state index contributed by atoms with van der Waals surface area (Å²) in [6.45, 7) is 12.6. The van der Waals surface area contributed by atoms with E-state index in [9.17, 15) is 16.8 Å². The molecule has 2 heterocycles. The maximum atomic E-state index is 11.7. The smallest absolute Gasteiger partial charge is 0.216 e. The summed E-state index contributed by atoms with van der Waals surface area (Å²) < 4.78 is 47.5. The Bertz CT molecular complexity index is 616. The lowest BCUT2D eigenvalue weighted by Gasteiger charge is -2.33. The first kappa shape index (κ1) is 23.8. The molecule has 2 saturated heterocycles. The van der Waals surface area contributed by atoms with Crippen molar-refractivity contribution in [2.45, 2.75) is 57.1 Å². The summed E-state index contributed by atoms with van der Waals surface area (Å²) in [5.41, 5.74) is 0. The Morgan fingerprint density at radius 1 is 0.808 bits per heavy atom. The number of piperazine rings is 1. The summed E-state index contributed by atoms with van der Waals surface area (Å²) in [6, 6.07) is 0.542. The first-order valence-electron chi connectivity index (χ1n) is 9.46. The minimum Gasteiger partial charge on any atom is -0.304 e. The molecule has 2 rings (SSSR count). The van der Waals surface area contributed by atoms with Gasteiger partial charge in [0.2, 0.25) is 10.0 Å². The van der Waals surface area contributed by atoms with E-state index in [1.807, 2.05) is 7.05 Å². The highest BCUT2D eigenvalue weighted by atomic mass is 32.2. The molecule has 0 bridgehead atoms. The molecule has 2 aliphatic rings. The van der Waals surface area contributed by atoms with Crippen molar-refractivity contribution in [3.8, 4) is 0 Å². The van der Waals surface area contributed by atoms with Crippen molar-refractivity contribution in [1.29, 1.82) is 0 Å². The Hall–Kier alpha value is -0.220. The fourth-order valence-electron chi connectivity index (χ4n) is 3.16. The number of piperidine rings is 1. The monoisotopic (exact) mass is 411 g/mol. The van der Waals surface area contributed by atoms with Crippen molar-refractivity contribution >= 4 is 19.9 Å². The number of hydrogen-bond donors (Lipinski definition) is 0. The Balaban J connectivity index is 0.000000260. The van der Waals surface area contributed by atoms with Gasteiger partial charge < -0.3 is 9.80 Å². The lowest BCUT2D eigenvalue weighted by Crippen LogP contribution is -2.49. The molecule has 2 fully saturated rings. The van der Waals surface area contributed by atoms with E-state index in [-0.39, 0.29) is 10.5 Å². The van der Waals surface area contributed by atoms with Crippen molar-refractivity contribution in [2.75, 3.05) is 52.6 Å². The SMILES string of the molecule is CC(C)N1CCC(S(C)(=O)=O)CC1.CC(C)S(=O)(=O)N1CCN(C)CC1. The number of likely N-dealkylation sites (tertiary alicyclic amines) is 1. The van der Waals surface area contributed by atoms with Crippen LogP contribution in [0.4, 0.5) is 0 Å². The fraction of sp³-hybridized carbons (Fsp3) is 1.00. The summed E-state index contributed by atoms with van der Waals surface area (Å²) in [5.74, 6) is 0. The van der Waals surface area contributed by atoms with E-state index in [1.165, 1.54) is 6.26 Å². The number of nitrogens with zero attached hydrogens (tertiary/aromatic N) is 3. The normalized spacial score (nSPS) is 22.5. The maximum absolute atomic E-state index is 11.7. The van der Waals surface area contributed by atoms with Crippen LogP contribution in [0.2, 0.25) is 0 Å². The third-order valence-electron chi connectivity index (χ3n) is 5.23. The minimum atomic E-state index is -3.02. The third-order valence-corrected chi connectivity index (χ3v) is 9.19. The molecule has 0 unspecified atom stereocenters. The average molecular weight is 412 g/mol. The van der Waals surface area contributed by atoms with Crippen LogP contribution in [0.15, 0.2) is 0 Å². The molecule has 0 atom stereocenters. The number of likely N-dealkylation sites (N-methyl/N-ethyl adjacent to an activating group) is 1. The van der Waals surface area contributed by atoms with Gasteiger partial charge in [-0.3, -0.25) is 0 Å². The van der Waals surface area contributed by atoms with E-state index in [4.69, 9.17) is 0 Å². The van der Waals surface area contributed by atoms with E-state index in [0.29, 0.717) is 19.1 Å². The van der Waals surface area contributed by atoms with Crippen LogP contribution in [-0.2, 0) is 19.9 Å². The van der Waals surface area contributed by atoms with Gasteiger partial charge in [0.1, 0.15) is 9.84 Å². The van der Waals surface area contributed by atoms with Gasteiger partial charge in [-0.2, -0.15) is 4.31 Å². The topological polar surface area (TPSA) is 78.0 Å². The van der Waals surface area contributed by atoms with E-state index < -0.39 is 19.9 Å². The van der Waals surface area contributed by atoms with Crippen molar-refractivity contribution in [1.82, 2.24) is 14.1 Å². The van der Waals surface area contributed by atoms with Crippen LogP contribution in [0.5, 0.6) is 0 Å². The van der Waals surface area contributed by atoms with Crippen LogP contribution in [-0.4, -0.2) is 100 Å². The number of rotatable bonds is 4. The largest absolute Gasteiger partial charge is 0.304 e. The van der Waals surface area contributed by atoms with Crippen LogP contribution in [0.3, 0.4) is 0 Å². The second-order valence-corrected chi connectivity index (χ2v) is 12.8. The highest BCUT2D eigenvalue weighted by Crippen LogP contribution is 2.18. The maximum Gasteiger partial charge on any atom is 0.216 e. The summed E-state index contributed by atoms with van der Waals surface area (Å²) in [5, 5.41) is -0.390. The highest BCUT2D eigenvalue weighted by Gasteiger charge is 2.28. The molecule has 0 radical (unpaired) electrons. The summed E-state index contributed by atoms with van der Waals surface area (Å²) in [6.07, 6.45) is 2.96. The Morgan fingerprint density at radius 3 is 1.62 bits per heavy atom. The van der Waals surface area contributed by atoms with Crippen LogP contribution in [0.25, 0.3) is 0 Å². The molecule has 156 valence electrons. The van der Waals surface area contributed by atoms with Crippen LogP contribution in [0, 0.1) is 0 Å². The van der Waals surface area contributed by atoms with Crippen LogP contribution >= 0.6 is 0 Å². The quantitative estimate of drug-likeness (QED) is 0.683. The fourth-order valence-corrected chi connectivity index (χ4v) is 5.50. The molecule has 2 aliphatic heterocycles. The van der Waals surface area contributed by atoms with Gasteiger partial charge in [-0.05, 0) is 60.7 Å². The van der Waals surface area contributed by atoms with E-state index in [2.05, 4.69) is 23.6 Å². The van der Waals surface area contributed by atoms with Crippen molar-refractivity contribution in [2.24, 2.45) is 0 Å². The molecule has 9 heteroatoms. The summed E-state index contributed by atoms with van der Waals surface area (Å²) in [7, 11) is -3.81. The second kappa shape index (κ2) is 9.82. The van der Waals surface area contributed by atoms with Gasteiger partial charge in [-0.25, -0.2) is 16.8 Å². The Labute approximate surface area is 160 Å². The molecule has 0 aromatic carbocycles. The molecule has 26 heavy (non-hydrogen) atoms. The van der Waals surface area contributed by atoms with Gasteiger partial charge in [0.15, 0.2) is 0 Å². The molecule has 0 spiro atoms. The Kier molecular flexibility index (Phi) is 8.99. The molecular weight excluding hydrogens is 374 g/mol. The predicted molar refractivity (Wildman–Crippen MR) is 108 cm³/mol. The van der Waals surface area contributed by atoms with E-state index in [1.54, 1.807) is 18.2 Å². The molecule has 0 amide bonds. The van der Waals surface area contributed by atoms with Crippen molar-refractivity contribution < 1.29 is 16.8 Å². The highest BCUT2D eigenvalue weighted by molar-refractivity contribution is 7.91. The molecular formula is C17H37N3O4S2. The summed E-state index contributed by atoms with van der Waals surface area (Å²) in [4.78, 5) is 4.48. The number of sulfonamides is 1. The van der Waals surface area contributed by atoms with Crippen LogP contribution in [0.1, 0.15) is 40.5 Å². The minimum absolute atomic E-state index is 0.0949. The van der Waals surface area contributed by atoms with Crippen LogP contribution < -0.4 is 0 Å². The zero-order chi connectivity index (χ0) is 20.1. The second-order valence-electron chi connectivity index (χ2n) is 7.95. The molecule has 0 aliphatic carbocycles. The average Bonchev–Trinajstić information content (AvgIpc) is 2.55. The van der Waals surface area contributed by atoms with Gasteiger partial charge in [0.05, 0.1) is 10.5 Å². The molecule has 0 saturated carbocycles. The van der Waals surface area contributed by atoms with E-state index in [0.717, 1.165) is 39.0 Å². The molecule has 0 aromatic rings. The summed E-state index contributed by atoms with van der Waals surface area (Å²) >= 11 is 0. The lowest BCUT2D eigenvalue weighted by atomic mass is 10.1. The van der Waals surface area contributed by atoms with Gasteiger partial charge in [0.25, 0.3) is 0 Å². The predicted octanol–water partition coefficient (Wildman–Crippen LogP) is 0.876. The molecule has 7 nitrogen and oxygen atoms in total. The van der Waals surface area contributed by atoms with E-state index >= 15 is 0 Å². The zero-order valence-corrected chi connectivity index (χ0v) is 18.8. The first-order valence-corrected chi connectivity index (χ1v) is 12.9. The lowest BCUT2D eigenvalue weighted by molar-refractivity contribution is 0.186. The van der Waals surface area contributed by atoms with Crippen molar-refractivity contribution in [3.63, 3.8) is 0 Å². The Morgan fingerprint density at radius 2 is 1.27 bits per heavy atom. The third kappa shape index (κ3) is 7.07. The first-order chi connectivity index (χ1) is 11.9. The van der Waals surface area contributed by atoms with Gasteiger partial charge in [-0.15, -0.1) is 0 Å². The standard InChI is InChI=1S/C9H19NO2S.C8H18N2O2S/c1-8(2)10-6-4-9(5-7-10)13(3,11)12;1-8(2)13(11,12)10-6-4-9(3)5-7-10/h8-9H,4-7H2,1-3H3;8H,4-7H2,1-3H3. The molecule has 0 aromatic heterocycles.